The summed E-state index contributed by atoms with van der Waals surface area (Å²) in [4.78, 5) is 0. The molecule has 0 amide bonds. The van der Waals surface area contributed by atoms with Crippen molar-refractivity contribution in [3.8, 4) is 18.1 Å². The van der Waals surface area contributed by atoms with Crippen molar-refractivity contribution in [3.05, 3.63) is 27.7 Å². The van der Waals surface area contributed by atoms with Crippen LogP contribution in [0.4, 0.5) is 0 Å². The van der Waals surface area contributed by atoms with E-state index in [9.17, 15) is 0 Å². The van der Waals surface area contributed by atoms with Gasteiger partial charge in [0.2, 0.25) is 0 Å². The van der Waals surface area contributed by atoms with Gasteiger partial charge in [0.1, 0.15) is 5.75 Å². The van der Waals surface area contributed by atoms with Crippen LogP contribution in [0.2, 0.25) is 10.0 Å². The van der Waals surface area contributed by atoms with Crippen LogP contribution in [0, 0.1) is 12.3 Å². The van der Waals surface area contributed by atoms with Gasteiger partial charge < -0.3 is 10.5 Å². The van der Waals surface area contributed by atoms with Crippen LogP contribution < -0.4 is 10.5 Å². The Hall–Kier alpha value is -0.880. The van der Waals surface area contributed by atoms with E-state index in [1.165, 1.54) is 0 Å². The summed E-state index contributed by atoms with van der Waals surface area (Å²) in [7, 11) is 0. The first-order valence-corrected chi connectivity index (χ1v) is 6.10. The standard InChI is InChI=1S/C13H15Cl2NO/c1-3-4-5-17-13-10(6-9(2)16)7-11(14)8-12(13)15/h1,7-9H,4-6,16H2,2H3. The second-order valence-electron chi connectivity index (χ2n) is 3.86. The molecule has 2 nitrogen and oxygen atoms in total. The van der Waals surface area contributed by atoms with Gasteiger partial charge in [-0.25, -0.2) is 0 Å². The van der Waals surface area contributed by atoms with Crippen LogP contribution in [0.15, 0.2) is 12.1 Å². The third-order valence-corrected chi connectivity index (χ3v) is 2.62. The maximum atomic E-state index is 6.10. The van der Waals surface area contributed by atoms with Crippen LogP contribution in [0.5, 0.6) is 5.75 Å². The Labute approximate surface area is 112 Å². The number of hydrogen-bond donors (Lipinski definition) is 1. The molecule has 0 aliphatic heterocycles. The monoisotopic (exact) mass is 271 g/mol. The summed E-state index contributed by atoms with van der Waals surface area (Å²) in [5, 5.41) is 1.07. The fourth-order valence-electron chi connectivity index (χ4n) is 1.49. The summed E-state index contributed by atoms with van der Waals surface area (Å²) >= 11 is 12.0. The first-order valence-electron chi connectivity index (χ1n) is 5.34. The topological polar surface area (TPSA) is 35.2 Å². The number of terminal acetylenes is 1. The molecule has 1 atom stereocenters. The molecule has 0 aliphatic rings. The highest BCUT2D eigenvalue weighted by Crippen LogP contribution is 2.33. The van der Waals surface area contributed by atoms with E-state index in [0.29, 0.717) is 35.2 Å². The Morgan fingerprint density at radius 2 is 2.18 bits per heavy atom. The average molecular weight is 272 g/mol. The van der Waals surface area contributed by atoms with E-state index in [4.69, 9.17) is 40.1 Å². The molecule has 1 aromatic carbocycles. The molecule has 1 rings (SSSR count). The molecule has 0 bridgehead atoms. The zero-order valence-corrected chi connectivity index (χ0v) is 11.2. The molecule has 1 aromatic rings. The first-order chi connectivity index (χ1) is 8.04. The highest BCUT2D eigenvalue weighted by atomic mass is 35.5. The first kappa shape index (κ1) is 14.2. The number of hydrogen-bond acceptors (Lipinski definition) is 2. The summed E-state index contributed by atoms with van der Waals surface area (Å²) in [5.41, 5.74) is 6.69. The molecule has 1 unspecified atom stereocenters. The smallest absolute Gasteiger partial charge is 0.141 e. The summed E-state index contributed by atoms with van der Waals surface area (Å²) in [6.07, 6.45) is 6.37. The molecule has 17 heavy (non-hydrogen) atoms. The van der Waals surface area contributed by atoms with Crippen molar-refractivity contribution in [1.82, 2.24) is 0 Å². The van der Waals surface area contributed by atoms with Crippen LogP contribution in [-0.2, 0) is 6.42 Å². The van der Waals surface area contributed by atoms with Crippen molar-refractivity contribution in [2.75, 3.05) is 6.61 Å². The fourth-order valence-corrected chi connectivity index (χ4v) is 2.08. The Morgan fingerprint density at radius 3 is 2.76 bits per heavy atom. The number of ether oxygens (including phenoxy) is 1. The highest BCUT2D eigenvalue weighted by Gasteiger charge is 2.12. The van der Waals surface area contributed by atoms with Crippen molar-refractivity contribution in [1.29, 1.82) is 0 Å². The lowest BCUT2D eigenvalue weighted by Crippen LogP contribution is -2.18. The van der Waals surface area contributed by atoms with Crippen molar-refractivity contribution < 1.29 is 4.74 Å². The quantitative estimate of drug-likeness (QED) is 0.659. The minimum absolute atomic E-state index is 0.0134. The number of halogens is 2. The fraction of sp³-hybridized carbons (Fsp3) is 0.385. The van der Waals surface area contributed by atoms with Gasteiger partial charge >= 0.3 is 0 Å². The van der Waals surface area contributed by atoms with E-state index in [0.717, 1.165) is 5.56 Å². The Balaban J connectivity index is 2.95. The minimum atomic E-state index is 0.0134. The molecule has 0 aromatic heterocycles. The largest absolute Gasteiger partial charge is 0.491 e. The third kappa shape index (κ3) is 4.47. The normalized spacial score (nSPS) is 11.9. The van der Waals surface area contributed by atoms with Crippen molar-refractivity contribution in [2.24, 2.45) is 5.73 Å². The van der Waals surface area contributed by atoms with Crippen molar-refractivity contribution in [2.45, 2.75) is 25.8 Å². The summed E-state index contributed by atoms with van der Waals surface area (Å²) < 4.78 is 5.58. The molecule has 0 fully saturated rings. The lowest BCUT2D eigenvalue weighted by molar-refractivity contribution is 0.323. The van der Waals surface area contributed by atoms with Crippen LogP contribution in [-0.4, -0.2) is 12.6 Å². The predicted octanol–water partition coefficient (Wildman–Crippen LogP) is 3.29. The molecule has 92 valence electrons. The van der Waals surface area contributed by atoms with E-state index in [-0.39, 0.29) is 6.04 Å². The predicted molar refractivity (Wildman–Crippen MR) is 72.8 cm³/mol. The van der Waals surface area contributed by atoms with Crippen LogP contribution in [0.1, 0.15) is 18.9 Å². The molecule has 0 heterocycles. The maximum Gasteiger partial charge on any atom is 0.141 e. The number of benzene rings is 1. The van der Waals surface area contributed by atoms with Gasteiger partial charge in [0, 0.05) is 17.5 Å². The third-order valence-electron chi connectivity index (χ3n) is 2.12. The zero-order chi connectivity index (χ0) is 12.8. The highest BCUT2D eigenvalue weighted by molar-refractivity contribution is 6.35. The molecule has 4 heteroatoms. The van der Waals surface area contributed by atoms with Gasteiger partial charge in [-0.2, -0.15) is 0 Å². The molecule has 0 spiro atoms. The Bertz CT molecular complexity index is 424. The molecule has 0 aliphatic carbocycles. The van der Waals surface area contributed by atoms with Crippen LogP contribution in [0.25, 0.3) is 0 Å². The van der Waals surface area contributed by atoms with E-state index in [1.807, 2.05) is 13.0 Å². The van der Waals surface area contributed by atoms with E-state index in [1.54, 1.807) is 6.07 Å². The van der Waals surface area contributed by atoms with Gasteiger partial charge in [0.05, 0.1) is 11.6 Å². The lowest BCUT2D eigenvalue weighted by Gasteiger charge is -2.14. The van der Waals surface area contributed by atoms with Gasteiger partial charge in [-0.3, -0.25) is 0 Å². The van der Waals surface area contributed by atoms with Gasteiger partial charge in [-0.05, 0) is 31.0 Å². The van der Waals surface area contributed by atoms with Crippen LogP contribution in [0.3, 0.4) is 0 Å². The minimum Gasteiger partial charge on any atom is -0.491 e. The van der Waals surface area contributed by atoms with Gasteiger partial charge in [-0.1, -0.05) is 23.2 Å². The van der Waals surface area contributed by atoms with Gasteiger partial charge in [-0.15, -0.1) is 12.3 Å². The second kappa shape index (κ2) is 6.76. The zero-order valence-electron chi connectivity index (χ0n) is 9.67. The Morgan fingerprint density at radius 1 is 1.47 bits per heavy atom. The molecule has 0 saturated carbocycles. The lowest BCUT2D eigenvalue weighted by atomic mass is 10.1. The number of nitrogens with two attached hydrogens (primary N) is 1. The van der Waals surface area contributed by atoms with E-state index in [2.05, 4.69) is 5.92 Å². The van der Waals surface area contributed by atoms with Crippen molar-refractivity contribution >= 4 is 23.2 Å². The SMILES string of the molecule is C#CCCOc1c(Cl)cc(Cl)cc1CC(C)N. The molecule has 0 radical (unpaired) electrons. The number of rotatable bonds is 5. The van der Waals surface area contributed by atoms with Gasteiger partial charge in [0.25, 0.3) is 0 Å². The summed E-state index contributed by atoms with van der Waals surface area (Å²) in [5.74, 6) is 3.14. The summed E-state index contributed by atoms with van der Waals surface area (Å²) in [6.45, 7) is 2.35. The molecular formula is C13H15Cl2NO. The van der Waals surface area contributed by atoms with Crippen molar-refractivity contribution in [3.63, 3.8) is 0 Å². The molecule has 2 N–H and O–H groups in total. The van der Waals surface area contributed by atoms with E-state index < -0.39 is 0 Å². The van der Waals surface area contributed by atoms with Crippen LogP contribution >= 0.6 is 23.2 Å². The summed E-state index contributed by atoms with van der Waals surface area (Å²) in [6, 6.07) is 3.49. The molecular weight excluding hydrogens is 257 g/mol. The second-order valence-corrected chi connectivity index (χ2v) is 4.70. The van der Waals surface area contributed by atoms with Gasteiger partial charge in [0.15, 0.2) is 0 Å². The average Bonchev–Trinajstić information content (AvgIpc) is 2.21. The Kier molecular flexibility index (Phi) is 5.64. The molecule has 0 saturated heterocycles. The van der Waals surface area contributed by atoms with E-state index >= 15 is 0 Å². The maximum absolute atomic E-state index is 6.10.